The fourth-order valence-corrected chi connectivity index (χ4v) is 3.36. The van der Waals surface area contributed by atoms with Gasteiger partial charge in [0.25, 0.3) is 0 Å². The molecule has 0 aliphatic heterocycles. The molecule has 0 saturated carbocycles. The van der Waals surface area contributed by atoms with Gasteiger partial charge in [0.2, 0.25) is 0 Å². The van der Waals surface area contributed by atoms with Gasteiger partial charge in [-0.3, -0.25) is 4.98 Å². The van der Waals surface area contributed by atoms with Crippen LogP contribution in [0.3, 0.4) is 0 Å². The first kappa shape index (κ1) is 22.3. The number of aliphatic hydroxyl groups is 1. The van der Waals surface area contributed by atoms with Crippen molar-refractivity contribution in [2.24, 2.45) is 0 Å². The summed E-state index contributed by atoms with van der Waals surface area (Å²) in [5.74, 6) is -0.311. The molecule has 1 unspecified atom stereocenters. The van der Waals surface area contributed by atoms with E-state index in [1.54, 1.807) is 19.1 Å². The van der Waals surface area contributed by atoms with Crippen molar-refractivity contribution in [2.45, 2.75) is 51.3 Å². The number of rotatable bonds is 8. The number of hydrogen-bond donors (Lipinski definition) is 2. The molecule has 0 amide bonds. The SMILES string of the molecule is C[C@H](CCCC(C)(O)c1cccc(F)c1)NCc1ccc2cnccc2c1.Cl. The summed E-state index contributed by atoms with van der Waals surface area (Å²) in [4.78, 5) is 4.14. The minimum absolute atomic E-state index is 0. The lowest BCUT2D eigenvalue weighted by Gasteiger charge is -2.25. The van der Waals surface area contributed by atoms with Crippen molar-refractivity contribution in [1.29, 1.82) is 0 Å². The summed E-state index contributed by atoms with van der Waals surface area (Å²) in [6, 6.07) is 15.0. The van der Waals surface area contributed by atoms with Crippen molar-refractivity contribution in [3.8, 4) is 0 Å². The molecule has 0 fully saturated rings. The molecule has 2 aromatic carbocycles. The average Bonchev–Trinajstić information content (AvgIpc) is 2.66. The third-order valence-corrected chi connectivity index (χ3v) is 5.11. The summed E-state index contributed by atoms with van der Waals surface area (Å²) >= 11 is 0. The Kier molecular flexibility index (Phi) is 7.93. The molecule has 0 saturated heterocycles. The first-order valence-corrected chi connectivity index (χ1v) is 9.48. The molecule has 0 aliphatic carbocycles. The largest absolute Gasteiger partial charge is 0.385 e. The maximum Gasteiger partial charge on any atom is 0.123 e. The molecule has 0 radical (unpaired) electrons. The second-order valence-corrected chi connectivity index (χ2v) is 7.52. The number of nitrogens with zero attached hydrogens (tertiary/aromatic N) is 1. The Bertz CT molecular complexity index is 900. The minimum atomic E-state index is -1.01. The van der Waals surface area contributed by atoms with Gasteiger partial charge in [-0.25, -0.2) is 4.39 Å². The Hall–Kier alpha value is -2.01. The van der Waals surface area contributed by atoms with E-state index in [0.717, 1.165) is 24.8 Å². The van der Waals surface area contributed by atoms with Gasteiger partial charge in [0.1, 0.15) is 5.82 Å². The molecule has 3 nitrogen and oxygen atoms in total. The third-order valence-electron chi connectivity index (χ3n) is 5.11. The number of pyridine rings is 1. The zero-order chi connectivity index (χ0) is 19.3. The van der Waals surface area contributed by atoms with E-state index in [-0.39, 0.29) is 18.2 Å². The van der Waals surface area contributed by atoms with Crippen LogP contribution >= 0.6 is 12.4 Å². The van der Waals surface area contributed by atoms with Gasteiger partial charge in [-0.1, -0.05) is 24.3 Å². The zero-order valence-electron chi connectivity index (χ0n) is 16.4. The maximum absolute atomic E-state index is 13.4. The highest BCUT2D eigenvalue weighted by Gasteiger charge is 2.23. The van der Waals surface area contributed by atoms with Crippen LogP contribution in [0.1, 0.15) is 44.2 Å². The molecule has 1 heterocycles. The van der Waals surface area contributed by atoms with E-state index in [1.807, 2.05) is 18.5 Å². The Labute approximate surface area is 172 Å². The molecule has 1 aromatic heterocycles. The number of aromatic nitrogens is 1. The first-order chi connectivity index (χ1) is 12.9. The van der Waals surface area contributed by atoms with Gasteiger partial charge in [0.15, 0.2) is 0 Å². The van der Waals surface area contributed by atoms with Crippen molar-refractivity contribution >= 4 is 23.2 Å². The van der Waals surface area contributed by atoms with Gasteiger partial charge in [0, 0.05) is 30.4 Å². The van der Waals surface area contributed by atoms with E-state index < -0.39 is 5.60 Å². The summed E-state index contributed by atoms with van der Waals surface area (Å²) in [6.07, 6.45) is 6.10. The molecule has 3 aromatic rings. The molecular weight excluding hydrogens is 375 g/mol. The fourth-order valence-electron chi connectivity index (χ4n) is 3.36. The van der Waals surface area contributed by atoms with E-state index in [4.69, 9.17) is 0 Å². The zero-order valence-corrected chi connectivity index (χ0v) is 17.2. The van der Waals surface area contributed by atoms with Crippen LogP contribution in [0.25, 0.3) is 10.8 Å². The molecule has 150 valence electrons. The lowest BCUT2D eigenvalue weighted by Crippen LogP contribution is -2.27. The van der Waals surface area contributed by atoms with Crippen molar-refractivity contribution in [1.82, 2.24) is 10.3 Å². The quantitative estimate of drug-likeness (QED) is 0.533. The number of hydrogen-bond acceptors (Lipinski definition) is 3. The number of fused-ring (bicyclic) bond motifs is 1. The van der Waals surface area contributed by atoms with Crippen LogP contribution in [0.2, 0.25) is 0 Å². The average molecular weight is 403 g/mol. The molecule has 0 aliphatic rings. The predicted molar refractivity (Wildman–Crippen MR) is 115 cm³/mol. The summed E-state index contributed by atoms with van der Waals surface area (Å²) in [7, 11) is 0. The highest BCUT2D eigenvalue weighted by molar-refractivity contribution is 5.85. The van der Waals surface area contributed by atoms with Crippen molar-refractivity contribution < 1.29 is 9.50 Å². The van der Waals surface area contributed by atoms with Crippen LogP contribution < -0.4 is 5.32 Å². The standard InChI is InChI=1S/C23H27FN2O.ClH/c1-17(5-4-11-23(2,27)21-6-3-7-22(24)14-21)26-15-18-8-9-20-16-25-12-10-19(20)13-18;/h3,6-10,12-14,16-17,26-27H,4-5,11,15H2,1-2H3;1H/t17-,23?;/m1./s1. The first-order valence-electron chi connectivity index (χ1n) is 9.48. The highest BCUT2D eigenvalue weighted by atomic mass is 35.5. The summed E-state index contributed by atoms with van der Waals surface area (Å²) in [6.45, 7) is 4.71. The minimum Gasteiger partial charge on any atom is -0.385 e. The van der Waals surface area contributed by atoms with Crippen LogP contribution in [0, 0.1) is 5.82 Å². The smallest absolute Gasteiger partial charge is 0.123 e. The van der Waals surface area contributed by atoms with Crippen molar-refractivity contribution in [3.05, 3.63) is 77.9 Å². The topological polar surface area (TPSA) is 45.1 Å². The Morgan fingerprint density at radius 2 is 1.96 bits per heavy atom. The van der Waals surface area contributed by atoms with Crippen molar-refractivity contribution in [3.63, 3.8) is 0 Å². The van der Waals surface area contributed by atoms with Crippen LogP contribution in [0.4, 0.5) is 4.39 Å². The summed E-state index contributed by atoms with van der Waals surface area (Å²) in [5.41, 5.74) is 0.870. The Balaban J connectivity index is 0.00000280. The molecule has 0 spiro atoms. The second-order valence-electron chi connectivity index (χ2n) is 7.52. The molecule has 2 N–H and O–H groups in total. The second kappa shape index (κ2) is 9.97. The molecule has 28 heavy (non-hydrogen) atoms. The van der Waals surface area contributed by atoms with E-state index in [2.05, 4.69) is 35.4 Å². The van der Waals surface area contributed by atoms with Crippen LogP contribution in [-0.2, 0) is 12.1 Å². The van der Waals surface area contributed by atoms with Crippen LogP contribution in [-0.4, -0.2) is 16.1 Å². The third kappa shape index (κ3) is 5.99. The van der Waals surface area contributed by atoms with E-state index in [1.165, 1.54) is 23.1 Å². The normalized spacial score (nSPS) is 14.3. The molecular formula is C23H28ClFN2O. The monoisotopic (exact) mass is 402 g/mol. The van der Waals surface area contributed by atoms with Crippen LogP contribution in [0.15, 0.2) is 60.9 Å². The van der Waals surface area contributed by atoms with Gasteiger partial charge >= 0.3 is 0 Å². The number of halogens is 2. The molecule has 0 bridgehead atoms. The van der Waals surface area contributed by atoms with Crippen molar-refractivity contribution in [2.75, 3.05) is 0 Å². The lowest BCUT2D eigenvalue weighted by atomic mass is 9.90. The van der Waals surface area contributed by atoms with Gasteiger partial charge < -0.3 is 10.4 Å². The van der Waals surface area contributed by atoms with Gasteiger partial charge in [-0.05, 0) is 73.9 Å². The summed E-state index contributed by atoms with van der Waals surface area (Å²) in [5, 5.41) is 16.5. The van der Waals surface area contributed by atoms with E-state index >= 15 is 0 Å². The maximum atomic E-state index is 13.4. The van der Waals surface area contributed by atoms with Gasteiger partial charge in [-0.2, -0.15) is 0 Å². The highest BCUT2D eigenvalue weighted by Crippen LogP contribution is 2.27. The molecule has 5 heteroatoms. The molecule has 2 atom stereocenters. The van der Waals surface area contributed by atoms with Gasteiger partial charge in [-0.15, -0.1) is 12.4 Å². The fraction of sp³-hybridized carbons (Fsp3) is 0.348. The number of benzene rings is 2. The molecule has 3 rings (SSSR count). The van der Waals surface area contributed by atoms with E-state index in [0.29, 0.717) is 18.0 Å². The van der Waals surface area contributed by atoms with Gasteiger partial charge in [0.05, 0.1) is 5.60 Å². The number of nitrogens with one attached hydrogen (secondary N) is 1. The predicted octanol–water partition coefficient (Wildman–Crippen LogP) is 5.35. The Morgan fingerprint density at radius 3 is 2.75 bits per heavy atom. The van der Waals surface area contributed by atoms with Crippen LogP contribution in [0.5, 0.6) is 0 Å². The summed E-state index contributed by atoms with van der Waals surface area (Å²) < 4.78 is 13.4. The van der Waals surface area contributed by atoms with E-state index in [9.17, 15) is 9.50 Å². The Morgan fingerprint density at radius 1 is 1.14 bits per heavy atom. The lowest BCUT2D eigenvalue weighted by molar-refractivity contribution is 0.0440.